The predicted octanol–water partition coefficient (Wildman–Crippen LogP) is 11.7. The first kappa shape index (κ1) is 46.1. The van der Waals surface area contributed by atoms with Crippen molar-refractivity contribution in [2.24, 2.45) is 0 Å². The number of rotatable bonds is 38. The maximum absolute atomic E-state index is 12.4. The lowest BCUT2D eigenvalue weighted by molar-refractivity contribution is -0.131. The number of unbranched alkanes of at least 4 members (excludes halogenated alkanes) is 30. The van der Waals surface area contributed by atoms with Gasteiger partial charge in [0.25, 0.3) is 0 Å². The lowest BCUT2D eigenvalue weighted by Gasteiger charge is -2.21. The van der Waals surface area contributed by atoms with Crippen molar-refractivity contribution in [3.63, 3.8) is 0 Å². The molecule has 0 saturated heterocycles. The van der Waals surface area contributed by atoms with E-state index < -0.39 is 24.2 Å². The predicted molar refractivity (Wildman–Crippen MR) is 204 cm³/mol. The second-order valence-electron chi connectivity index (χ2n) is 14.6. The SMILES string of the molecule is CCCCCCCCCCCCCCCCCCCCC/C=C/C(O)C(CO)NC(=O)C(O)CCCCCCCCCCCCCC. The highest BCUT2D eigenvalue weighted by Gasteiger charge is 2.22. The number of allylic oxidation sites excluding steroid dienone is 1. The van der Waals surface area contributed by atoms with E-state index in [1.165, 1.54) is 173 Å². The molecule has 0 aliphatic rings. The van der Waals surface area contributed by atoms with Crippen molar-refractivity contribution in [1.82, 2.24) is 5.32 Å². The Morgan fingerprint density at radius 1 is 0.511 bits per heavy atom. The molecule has 47 heavy (non-hydrogen) atoms. The Balaban J connectivity index is 3.64. The van der Waals surface area contributed by atoms with Crippen LogP contribution in [0.15, 0.2) is 12.2 Å². The van der Waals surface area contributed by atoms with Crippen molar-refractivity contribution in [3.05, 3.63) is 12.2 Å². The van der Waals surface area contributed by atoms with Crippen molar-refractivity contribution in [1.29, 1.82) is 0 Å². The van der Waals surface area contributed by atoms with Gasteiger partial charge in [-0.05, 0) is 19.3 Å². The number of amides is 1. The molecule has 5 nitrogen and oxygen atoms in total. The summed E-state index contributed by atoms with van der Waals surface area (Å²) >= 11 is 0. The van der Waals surface area contributed by atoms with Gasteiger partial charge in [0.05, 0.1) is 18.8 Å². The van der Waals surface area contributed by atoms with Gasteiger partial charge in [0.15, 0.2) is 0 Å². The first-order chi connectivity index (χ1) is 23.1. The van der Waals surface area contributed by atoms with E-state index in [2.05, 4.69) is 19.2 Å². The van der Waals surface area contributed by atoms with Crippen LogP contribution in [0.1, 0.15) is 226 Å². The monoisotopic (exact) mass is 666 g/mol. The van der Waals surface area contributed by atoms with Gasteiger partial charge in [-0.25, -0.2) is 0 Å². The van der Waals surface area contributed by atoms with Crippen LogP contribution in [-0.4, -0.2) is 46.1 Å². The molecule has 0 bridgehead atoms. The van der Waals surface area contributed by atoms with Gasteiger partial charge < -0.3 is 20.6 Å². The molecule has 0 spiro atoms. The maximum atomic E-state index is 12.4. The third kappa shape index (κ3) is 33.4. The topological polar surface area (TPSA) is 89.8 Å². The van der Waals surface area contributed by atoms with Gasteiger partial charge in [-0.2, -0.15) is 0 Å². The second-order valence-corrected chi connectivity index (χ2v) is 14.6. The highest BCUT2D eigenvalue weighted by atomic mass is 16.3. The first-order valence-electron chi connectivity index (χ1n) is 21.0. The zero-order valence-electron chi connectivity index (χ0n) is 31.7. The number of nitrogens with one attached hydrogen (secondary N) is 1. The minimum Gasteiger partial charge on any atom is -0.394 e. The van der Waals surface area contributed by atoms with Crippen LogP contribution in [0.3, 0.4) is 0 Å². The van der Waals surface area contributed by atoms with Crippen LogP contribution in [0.4, 0.5) is 0 Å². The van der Waals surface area contributed by atoms with Gasteiger partial charge in [-0.3, -0.25) is 4.79 Å². The average Bonchev–Trinajstić information content (AvgIpc) is 3.07. The van der Waals surface area contributed by atoms with E-state index >= 15 is 0 Å². The summed E-state index contributed by atoms with van der Waals surface area (Å²) in [5.41, 5.74) is 0. The average molecular weight is 666 g/mol. The van der Waals surface area contributed by atoms with E-state index in [0.29, 0.717) is 6.42 Å². The highest BCUT2D eigenvalue weighted by molar-refractivity contribution is 5.80. The number of carbonyl (C=O) groups excluding carboxylic acids is 1. The fraction of sp³-hybridized carbons (Fsp3) is 0.929. The molecule has 1 amide bonds. The zero-order chi connectivity index (χ0) is 34.5. The van der Waals surface area contributed by atoms with Crippen LogP contribution in [-0.2, 0) is 4.79 Å². The van der Waals surface area contributed by atoms with Crippen LogP contribution < -0.4 is 5.32 Å². The van der Waals surface area contributed by atoms with E-state index in [4.69, 9.17) is 0 Å². The summed E-state index contributed by atoms with van der Waals surface area (Å²) in [7, 11) is 0. The number of carbonyl (C=O) groups is 1. The normalized spacial score (nSPS) is 13.7. The minimum atomic E-state index is -1.09. The molecule has 0 aromatic carbocycles. The Kier molecular flexibility index (Phi) is 37.2. The highest BCUT2D eigenvalue weighted by Crippen LogP contribution is 2.16. The lowest BCUT2D eigenvalue weighted by Crippen LogP contribution is -2.48. The summed E-state index contributed by atoms with van der Waals surface area (Å²) in [4.78, 5) is 12.4. The van der Waals surface area contributed by atoms with Crippen LogP contribution in [0.2, 0.25) is 0 Å². The Morgan fingerprint density at radius 2 is 0.830 bits per heavy atom. The van der Waals surface area contributed by atoms with Crippen LogP contribution in [0, 0.1) is 0 Å². The Morgan fingerprint density at radius 3 is 1.17 bits per heavy atom. The molecular weight excluding hydrogens is 582 g/mol. The summed E-state index contributed by atoms with van der Waals surface area (Å²) in [5.74, 6) is -0.502. The van der Waals surface area contributed by atoms with Gasteiger partial charge in [-0.1, -0.05) is 219 Å². The molecule has 0 radical (unpaired) electrons. The van der Waals surface area contributed by atoms with Gasteiger partial charge in [0, 0.05) is 0 Å². The van der Waals surface area contributed by atoms with Gasteiger partial charge in [-0.15, -0.1) is 0 Å². The zero-order valence-corrected chi connectivity index (χ0v) is 31.7. The summed E-state index contributed by atoms with van der Waals surface area (Å²) in [6.45, 7) is 4.18. The van der Waals surface area contributed by atoms with E-state index in [-0.39, 0.29) is 6.61 Å². The molecule has 0 aromatic rings. The molecule has 0 aliphatic heterocycles. The van der Waals surface area contributed by atoms with E-state index in [1.54, 1.807) is 6.08 Å². The molecule has 0 saturated carbocycles. The number of hydrogen-bond donors (Lipinski definition) is 4. The smallest absolute Gasteiger partial charge is 0.249 e. The molecule has 3 unspecified atom stereocenters. The Bertz CT molecular complexity index is 655. The Hall–Kier alpha value is -0.910. The second kappa shape index (κ2) is 37.9. The molecule has 0 aliphatic carbocycles. The standard InChI is InChI=1S/C42H83NO4/c1-3-5-7-9-11-13-15-17-18-19-20-21-22-23-24-25-27-28-30-32-34-36-40(45)39(38-44)43-42(47)41(46)37-35-33-31-29-26-16-14-12-10-8-6-4-2/h34,36,39-41,44-46H,3-33,35,37-38H2,1-2H3,(H,43,47)/b36-34+. The Labute approximate surface area is 293 Å². The van der Waals surface area contributed by atoms with Crippen molar-refractivity contribution in [2.45, 2.75) is 244 Å². The molecule has 0 fully saturated rings. The van der Waals surface area contributed by atoms with Gasteiger partial charge >= 0.3 is 0 Å². The molecular formula is C42H83NO4. The van der Waals surface area contributed by atoms with E-state index in [0.717, 1.165) is 32.1 Å². The van der Waals surface area contributed by atoms with E-state index in [9.17, 15) is 20.1 Å². The third-order valence-corrected chi connectivity index (χ3v) is 9.88. The maximum Gasteiger partial charge on any atom is 0.249 e. The van der Waals surface area contributed by atoms with Crippen molar-refractivity contribution in [2.75, 3.05) is 6.61 Å². The van der Waals surface area contributed by atoms with Crippen molar-refractivity contribution < 1.29 is 20.1 Å². The summed E-state index contributed by atoms with van der Waals surface area (Å²) in [5, 5.41) is 33.0. The lowest BCUT2D eigenvalue weighted by atomic mass is 10.0. The molecule has 0 aromatic heterocycles. The van der Waals surface area contributed by atoms with Crippen LogP contribution >= 0.6 is 0 Å². The first-order valence-corrected chi connectivity index (χ1v) is 21.0. The van der Waals surface area contributed by atoms with Gasteiger partial charge in [0.1, 0.15) is 6.10 Å². The van der Waals surface area contributed by atoms with Crippen molar-refractivity contribution in [3.8, 4) is 0 Å². The molecule has 280 valence electrons. The molecule has 4 N–H and O–H groups in total. The number of hydrogen-bond acceptors (Lipinski definition) is 4. The van der Waals surface area contributed by atoms with Crippen molar-refractivity contribution >= 4 is 5.91 Å². The summed E-state index contributed by atoms with van der Waals surface area (Å²) in [6, 6.07) is -0.791. The largest absolute Gasteiger partial charge is 0.394 e. The fourth-order valence-electron chi connectivity index (χ4n) is 6.54. The fourth-order valence-corrected chi connectivity index (χ4v) is 6.54. The summed E-state index contributed by atoms with van der Waals surface area (Å²) in [6.07, 6.45) is 43.8. The number of aliphatic hydroxyl groups excluding tert-OH is 3. The minimum absolute atomic E-state index is 0.359. The molecule has 0 rings (SSSR count). The van der Waals surface area contributed by atoms with Crippen LogP contribution in [0.5, 0.6) is 0 Å². The van der Waals surface area contributed by atoms with Gasteiger partial charge in [0.2, 0.25) is 5.91 Å². The quantitative estimate of drug-likeness (QED) is 0.0390. The van der Waals surface area contributed by atoms with E-state index in [1.807, 2.05) is 6.08 Å². The molecule has 0 heterocycles. The summed E-state index contributed by atoms with van der Waals surface area (Å²) < 4.78 is 0. The van der Waals surface area contributed by atoms with Crippen LogP contribution in [0.25, 0.3) is 0 Å². The molecule has 3 atom stereocenters. The third-order valence-electron chi connectivity index (χ3n) is 9.88. The number of aliphatic hydroxyl groups is 3. The molecule has 5 heteroatoms.